The molecule has 1 aromatic rings. The van der Waals surface area contributed by atoms with Gasteiger partial charge in [-0.25, -0.2) is 4.39 Å². The molecule has 0 aliphatic carbocycles. The van der Waals surface area contributed by atoms with Gasteiger partial charge in [0.25, 0.3) is 0 Å². The van der Waals surface area contributed by atoms with Crippen LogP contribution in [0.2, 0.25) is 0 Å². The molecule has 4 heteroatoms. The third kappa shape index (κ3) is 4.30. The smallest absolute Gasteiger partial charge is 0.124 e. The molecule has 0 aromatic heterocycles. The Labute approximate surface area is 114 Å². The van der Waals surface area contributed by atoms with Gasteiger partial charge in [0.1, 0.15) is 5.82 Å². The predicted octanol–water partition coefficient (Wildman–Crippen LogP) is 2.13. The lowest BCUT2D eigenvalue weighted by Crippen LogP contribution is -2.36. The van der Waals surface area contributed by atoms with Crippen LogP contribution in [0.15, 0.2) is 18.2 Å². The highest BCUT2D eigenvalue weighted by atomic mass is 19.1. The summed E-state index contributed by atoms with van der Waals surface area (Å²) in [6, 6.07) is 6.54. The number of piperidine rings is 1. The maximum absolute atomic E-state index is 13.3. The van der Waals surface area contributed by atoms with Gasteiger partial charge in [-0.3, -0.25) is 0 Å². The summed E-state index contributed by atoms with van der Waals surface area (Å²) in [5.74, 6) is 0.338. The molecule has 1 heterocycles. The van der Waals surface area contributed by atoms with Crippen molar-refractivity contribution in [3.8, 4) is 6.07 Å². The first kappa shape index (κ1) is 14.0. The molecule has 0 saturated carbocycles. The van der Waals surface area contributed by atoms with Gasteiger partial charge in [0.2, 0.25) is 0 Å². The van der Waals surface area contributed by atoms with E-state index >= 15 is 0 Å². The fourth-order valence-electron chi connectivity index (χ4n) is 2.70. The lowest BCUT2D eigenvalue weighted by molar-refractivity contribution is 0.237. The second kappa shape index (κ2) is 6.65. The first-order chi connectivity index (χ1) is 9.17. The summed E-state index contributed by atoms with van der Waals surface area (Å²) < 4.78 is 13.3. The Balaban J connectivity index is 1.92. The van der Waals surface area contributed by atoms with E-state index < -0.39 is 0 Å². The maximum Gasteiger partial charge on any atom is 0.124 e. The minimum atomic E-state index is -0.332. The van der Waals surface area contributed by atoms with Gasteiger partial charge in [-0.2, -0.15) is 5.26 Å². The normalized spacial score (nSPS) is 19.4. The Kier molecular flexibility index (Phi) is 4.89. The molecule has 1 atom stereocenters. The Morgan fingerprint density at radius 2 is 2.32 bits per heavy atom. The molecular formula is C15H20FN3. The van der Waals surface area contributed by atoms with Crippen molar-refractivity contribution >= 4 is 0 Å². The van der Waals surface area contributed by atoms with E-state index in [2.05, 4.69) is 10.2 Å². The molecule has 1 saturated heterocycles. The minimum Gasteiger partial charge on any atom is -0.316 e. The average molecular weight is 261 g/mol. The number of nitriles is 1. The zero-order valence-electron chi connectivity index (χ0n) is 11.3. The van der Waals surface area contributed by atoms with Gasteiger partial charge in [-0.15, -0.1) is 0 Å². The van der Waals surface area contributed by atoms with E-state index in [1.165, 1.54) is 25.0 Å². The molecular weight excluding hydrogens is 241 g/mol. The van der Waals surface area contributed by atoms with E-state index in [9.17, 15) is 4.39 Å². The van der Waals surface area contributed by atoms with Gasteiger partial charge in [0, 0.05) is 13.1 Å². The number of hydrogen-bond acceptors (Lipinski definition) is 3. The quantitative estimate of drug-likeness (QED) is 0.902. The number of halogens is 1. The number of rotatable bonds is 4. The first-order valence-corrected chi connectivity index (χ1v) is 6.76. The molecule has 2 rings (SSSR count). The molecule has 0 spiro atoms. The maximum atomic E-state index is 13.3. The standard InChI is InChI=1S/C15H20FN3/c1-19(10-12-3-2-4-18-9-12)11-14-5-13(8-17)6-15(16)7-14/h5-7,12,18H,2-4,9-11H2,1H3. The van der Waals surface area contributed by atoms with Crippen molar-refractivity contribution in [3.63, 3.8) is 0 Å². The van der Waals surface area contributed by atoms with E-state index in [4.69, 9.17) is 5.26 Å². The summed E-state index contributed by atoms with van der Waals surface area (Å²) >= 11 is 0. The summed E-state index contributed by atoms with van der Waals surface area (Å²) in [5, 5.41) is 12.2. The first-order valence-electron chi connectivity index (χ1n) is 6.76. The summed E-state index contributed by atoms with van der Waals surface area (Å²) in [4.78, 5) is 2.20. The van der Waals surface area contributed by atoms with E-state index in [1.54, 1.807) is 6.07 Å². The molecule has 0 radical (unpaired) electrons. The number of hydrogen-bond donors (Lipinski definition) is 1. The SMILES string of the molecule is CN(Cc1cc(F)cc(C#N)c1)CC1CCCNC1. The van der Waals surface area contributed by atoms with Crippen LogP contribution in [-0.2, 0) is 6.54 Å². The minimum absolute atomic E-state index is 0.332. The third-order valence-corrected chi connectivity index (χ3v) is 3.51. The monoisotopic (exact) mass is 261 g/mol. The van der Waals surface area contributed by atoms with Crippen LogP contribution in [0.5, 0.6) is 0 Å². The van der Waals surface area contributed by atoms with Crippen LogP contribution >= 0.6 is 0 Å². The van der Waals surface area contributed by atoms with E-state index in [-0.39, 0.29) is 5.82 Å². The van der Waals surface area contributed by atoms with Crippen molar-refractivity contribution < 1.29 is 4.39 Å². The van der Waals surface area contributed by atoms with Crippen LogP contribution in [-0.4, -0.2) is 31.6 Å². The summed E-state index contributed by atoms with van der Waals surface area (Å²) in [6.45, 7) is 3.88. The average Bonchev–Trinajstić information content (AvgIpc) is 2.38. The topological polar surface area (TPSA) is 39.1 Å². The largest absolute Gasteiger partial charge is 0.316 e. The van der Waals surface area contributed by atoms with Gasteiger partial charge in [0.05, 0.1) is 11.6 Å². The van der Waals surface area contributed by atoms with Gasteiger partial charge >= 0.3 is 0 Å². The summed E-state index contributed by atoms with van der Waals surface area (Å²) in [6.07, 6.45) is 2.49. The van der Waals surface area contributed by atoms with E-state index in [0.29, 0.717) is 18.0 Å². The molecule has 1 N–H and O–H groups in total. The molecule has 3 nitrogen and oxygen atoms in total. The van der Waals surface area contributed by atoms with Crippen LogP contribution < -0.4 is 5.32 Å². The van der Waals surface area contributed by atoms with Crippen LogP contribution in [0.4, 0.5) is 4.39 Å². The highest BCUT2D eigenvalue weighted by Gasteiger charge is 2.15. The van der Waals surface area contributed by atoms with Crippen molar-refractivity contribution in [3.05, 3.63) is 35.1 Å². The number of nitrogens with one attached hydrogen (secondary N) is 1. The highest BCUT2D eigenvalue weighted by Crippen LogP contribution is 2.14. The van der Waals surface area contributed by atoms with Gasteiger partial charge in [0.15, 0.2) is 0 Å². The lowest BCUT2D eigenvalue weighted by Gasteiger charge is -2.27. The van der Waals surface area contributed by atoms with Gasteiger partial charge < -0.3 is 10.2 Å². The molecule has 1 fully saturated rings. The summed E-state index contributed by atoms with van der Waals surface area (Å²) in [5.41, 5.74) is 1.26. The third-order valence-electron chi connectivity index (χ3n) is 3.51. The predicted molar refractivity (Wildman–Crippen MR) is 73.0 cm³/mol. The highest BCUT2D eigenvalue weighted by molar-refractivity contribution is 5.33. The molecule has 1 aliphatic heterocycles. The number of nitrogens with zero attached hydrogens (tertiary/aromatic N) is 2. The molecule has 1 unspecified atom stereocenters. The van der Waals surface area contributed by atoms with Crippen molar-refractivity contribution in [2.24, 2.45) is 5.92 Å². The number of benzene rings is 1. The fourth-order valence-corrected chi connectivity index (χ4v) is 2.70. The van der Waals surface area contributed by atoms with Crippen molar-refractivity contribution in [2.45, 2.75) is 19.4 Å². The van der Waals surface area contributed by atoms with Crippen LogP contribution in [0, 0.1) is 23.1 Å². The van der Waals surface area contributed by atoms with Gasteiger partial charge in [-0.05, 0) is 62.7 Å². The second-order valence-corrected chi connectivity index (χ2v) is 5.37. The molecule has 0 bridgehead atoms. The second-order valence-electron chi connectivity index (χ2n) is 5.37. The van der Waals surface area contributed by atoms with Crippen molar-refractivity contribution in [1.29, 1.82) is 5.26 Å². The molecule has 19 heavy (non-hydrogen) atoms. The van der Waals surface area contributed by atoms with E-state index in [1.807, 2.05) is 13.1 Å². The Morgan fingerprint density at radius 1 is 1.47 bits per heavy atom. The molecule has 1 aliphatic rings. The van der Waals surface area contributed by atoms with E-state index in [0.717, 1.165) is 25.2 Å². The zero-order valence-corrected chi connectivity index (χ0v) is 11.3. The van der Waals surface area contributed by atoms with Crippen LogP contribution in [0.3, 0.4) is 0 Å². The Hall–Kier alpha value is -1.44. The lowest BCUT2D eigenvalue weighted by atomic mass is 9.99. The summed E-state index contributed by atoms with van der Waals surface area (Å²) in [7, 11) is 2.05. The molecule has 1 aromatic carbocycles. The van der Waals surface area contributed by atoms with Crippen molar-refractivity contribution in [2.75, 3.05) is 26.7 Å². The zero-order chi connectivity index (χ0) is 13.7. The molecule has 0 amide bonds. The van der Waals surface area contributed by atoms with Gasteiger partial charge in [-0.1, -0.05) is 0 Å². The van der Waals surface area contributed by atoms with Crippen molar-refractivity contribution in [1.82, 2.24) is 10.2 Å². The van der Waals surface area contributed by atoms with Crippen LogP contribution in [0.25, 0.3) is 0 Å². The van der Waals surface area contributed by atoms with Crippen LogP contribution in [0.1, 0.15) is 24.0 Å². The Morgan fingerprint density at radius 3 is 3.00 bits per heavy atom. The molecule has 102 valence electrons. The fraction of sp³-hybridized carbons (Fsp3) is 0.533. The Bertz CT molecular complexity index is 461.